The second-order valence-electron chi connectivity index (χ2n) is 5.49. The number of nitrogens with two attached hydrogens (primary N) is 1. The first-order valence-corrected chi connectivity index (χ1v) is 7.00. The molecule has 4 nitrogen and oxygen atoms in total. The molecular weight excluding hydrogens is 259 g/mol. The molecule has 0 spiro atoms. The monoisotopic (exact) mass is 276 g/mol. The number of hydrogen-bond donors (Lipinski definition) is 1. The predicted octanol–water partition coefficient (Wildman–Crippen LogP) is 1.96. The van der Waals surface area contributed by atoms with Crippen LogP contribution in [0.1, 0.15) is 31.2 Å². The lowest BCUT2D eigenvalue weighted by Crippen LogP contribution is -2.32. The zero-order chi connectivity index (χ0) is 14.3. The molecule has 2 unspecified atom stereocenters. The maximum absolute atomic E-state index is 13.3. The van der Waals surface area contributed by atoms with Gasteiger partial charge in [0.1, 0.15) is 5.82 Å². The van der Waals surface area contributed by atoms with E-state index in [1.54, 1.807) is 0 Å². The van der Waals surface area contributed by atoms with Gasteiger partial charge < -0.3 is 5.73 Å². The first kappa shape index (κ1) is 13.2. The molecule has 5 heteroatoms. The van der Waals surface area contributed by atoms with Crippen molar-refractivity contribution in [1.29, 1.82) is 0 Å². The molecule has 2 atom stereocenters. The summed E-state index contributed by atoms with van der Waals surface area (Å²) in [4.78, 5) is 26.2. The lowest BCUT2D eigenvalue weighted by atomic mass is 9.81. The summed E-state index contributed by atoms with van der Waals surface area (Å²) >= 11 is 0. The molecule has 2 aliphatic rings. The third kappa shape index (κ3) is 1.93. The smallest absolute Gasteiger partial charge is 0.237 e. The average Bonchev–Trinajstić information content (AvgIpc) is 2.72. The minimum absolute atomic E-state index is 0.0967. The number of anilines is 1. The highest BCUT2D eigenvalue weighted by Crippen LogP contribution is 2.40. The summed E-state index contributed by atoms with van der Waals surface area (Å²) in [6, 6.07) is 4.03. The molecule has 1 aliphatic heterocycles. The minimum Gasteiger partial charge on any atom is -0.326 e. The second-order valence-corrected chi connectivity index (χ2v) is 5.49. The number of carbonyl (C=O) groups is 2. The number of halogens is 1. The Morgan fingerprint density at radius 3 is 2.30 bits per heavy atom. The van der Waals surface area contributed by atoms with Crippen molar-refractivity contribution in [2.45, 2.75) is 32.2 Å². The average molecular weight is 276 g/mol. The molecule has 1 aromatic carbocycles. The van der Waals surface area contributed by atoms with Crippen molar-refractivity contribution in [3.8, 4) is 0 Å². The van der Waals surface area contributed by atoms with E-state index >= 15 is 0 Å². The van der Waals surface area contributed by atoms with Crippen molar-refractivity contribution >= 4 is 17.5 Å². The van der Waals surface area contributed by atoms with Gasteiger partial charge in [0, 0.05) is 6.54 Å². The molecule has 1 aliphatic carbocycles. The van der Waals surface area contributed by atoms with Crippen LogP contribution in [0.3, 0.4) is 0 Å². The number of hydrogen-bond acceptors (Lipinski definition) is 3. The van der Waals surface area contributed by atoms with E-state index in [9.17, 15) is 14.0 Å². The molecule has 1 aromatic rings. The van der Waals surface area contributed by atoms with Crippen molar-refractivity contribution in [2.75, 3.05) is 4.90 Å². The summed E-state index contributed by atoms with van der Waals surface area (Å²) in [5, 5.41) is 0. The Morgan fingerprint density at radius 1 is 1.15 bits per heavy atom. The first-order chi connectivity index (χ1) is 9.63. The van der Waals surface area contributed by atoms with Gasteiger partial charge in [-0.15, -0.1) is 0 Å². The SMILES string of the molecule is NCc1cc(F)ccc1N1C(=O)C2CCCCC2C1=O. The number of imide groups is 1. The molecule has 1 saturated heterocycles. The summed E-state index contributed by atoms with van der Waals surface area (Å²) in [5.41, 5.74) is 6.54. The number of nitrogens with zero attached hydrogens (tertiary/aromatic N) is 1. The van der Waals surface area contributed by atoms with Gasteiger partial charge in [0.15, 0.2) is 0 Å². The quantitative estimate of drug-likeness (QED) is 0.840. The van der Waals surface area contributed by atoms with Gasteiger partial charge in [0.25, 0.3) is 0 Å². The van der Waals surface area contributed by atoms with Crippen LogP contribution in [0, 0.1) is 17.7 Å². The highest BCUT2D eigenvalue weighted by molar-refractivity contribution is 6.22. The molecule has 0 radical (unpaired) electrons. The van der Waals surface area contributed by atoms with Crippen molar-refractivity contribution in [1.82, 2.24) is 0 Å². The van der Waals surface area contributed by atoms with E-state index in [1.807, 2.05) is 0 Å². The maximum atomic E-state index is 13.3. The Balaban J connectivity index is 2.01. The summed E-state index contributed by atoms with van der Waals surface area (Å²) in [6.45, 7) is 0.0967. The summed E-state index contributed by atoms with van der Waals surface area (Å²) in [7, 11) is 0. The standard InChI is InChI=1S/C15H17FN2O2/c16-10-5-6-13(9(7-10)8-17)18-14(19)11-3-1-2-4-12(11)15(18)20/h5-7,11-12H,1-4,8,17H2. The molecule has 2 amide bonds. The fraction of sp³-hybridized carbons (Fsp3) is 0.467. The van der Waals surface area contributed by atoms with Crippen LogP contribution in [0.25, 0.3) is 0 Å². The van der Waals surface area contributed by atoms with Crippen LogP contribution in [-0.4, -0.2) is 11.8 Å². The second kappa shape index (κ2) is 4.98. The summed E-state index contributed by atoms with van der Waals surface area (Å²) < 4.78 is 13.3. The number of rotatable bonds is 2. The van der Waals surface area contributed by atoms with E-state index in [2.05, 4.69) is 0 Å². The van der Waals surface area contributed by atoms with Crippen molar-refractivity contribution in [2.24, 2.45) is 17.6 Å². The lowest BCUT2D eigenvalue weighted by molar-refractivity contribution is -0.122. The minimum atomic E-state index is -0.411. The number of carbonyl (C=O) groups excluding carboxylic acids is 2. The predicted molar refractivity (Wildman–Crippen MR) is 72.2 cm³/mol. The van der Waals surface area contributed by atoms with Crippen LogP contribution >= 0.6 is 0 Å². The van der Waals surface area contributed by atoms with Gasteiger partial charge in [-0.05, 0) is 36.6 Å². The fourth-order valence-corrected chi connectivity index (χ4v) is 3.34. The molecule has 20 heavy (non-hydrogen) atoms. The van der Waals surface area contributed by atoms with E-state index in [1.165, 1.54) is 23.1 Å². The topological polar surface area (TPSA) is 63.4 Å². The van der Waals surface area contributed by atoms with Crippen molar-refractivity contribution in [3.05, 3.63) is 29.6 Å². The van der Waals surface area contributed by atoms with Gasteiger partial charge in [-0.1, -0.05) is 12.8 Å². The van der Waals surface area contributed by atoms with E-state index in [0.717, 1.165) is 25.7 Å². The lowest BCUT2D eigenvalue weighted by Gasteiger charge is -2.19. The van der Waals surface area contributed by atoms with Crippen LogP contribution in [0.5, 0.6) is 0 Å². The molecule has 0 aromatic heterocycles. The molecule has 3 rings (SSSR count). The third-order valence-electron chi connectivity index (χ3n) is 4.34. The Labute approximate surface area is 116 Å². The Bertz CT molecular complexity index is 549. The fourth-order valence-electron chi connectivity index (χ4n) is 3.34. The molecule has 106 valence electrons. The number of amides is 2. The van der Waals surface area contributed by atoms with Gasteiger partial charge in [-0.3, -0.25) is 9.59 Å². The van der Waals surface area contributed by atoms with Crippen LogP contribution in [0.15, 0.2) is 18.2 Å². The largest absolute Gasteiger partial charge is 0.326 e. The molecular formula is C15H17FN2O2. The van der Waals surface area contributed by atoms with E-state index in [0.29, 0.717) is 11.3 Å². The van der Waals surface area contributed by atoms with E-state index < -0.39 is 5.82 Å². The van der Waals surface area contributed by atoms with Crippen LogP contribution in [-0.2, 0) is 16.1 Å². The van der Waals surface area contributed by atoms with Crippen molar-refractivity contribution < 1.29 is 14.0 Å². The maximum Gasteiger partial charge on any atom is 0.237 e. The van der Waals surface area contributed by atoms with Crippen LogP contribution in [0.2, 0.25) is 0 Å². The Hall–Kier alpha value is -1.75. The molecule has 2 fully saturated rings. The zero-order valence-electron chi connectivity index (χ0n) is 11.1. The van der Waals surface area contributed by atoms with Crippen LogP contribution < -0.4 is 10.6 Å². The van der Waals surface area contributed by atoms with E-state index in [4.69, 9.17) is 5.73 Å². The van der Waals surface area contributed by atoms with Gasteiger partial charge in [-0.2, -0.15) is 0 Å². The van der Waals surface area contributed by atoms with Crippen LogP contribution in [0.4, 0.5) is 10.1 Å². The van der Waals surface area contributed by atoms with Crippen molar-refractivity contribution in [3.63, 3.8) is 0 Å². The third-order valence-corrected chi connectivity index (χ3v) is 4.34. The number of fused-ring (bicyclic) bond motifs is 1. The Kier molecular flexibility index (Phi) is 3.30. The highest BCUT2D eigenvalue weighted by atomic mass is 19.1. The summed E-state index contributed by atoms with van der Waals surface area (Å²) in [6.07, 6.45) is 3.51. The number of benzene rings is 1. The van der Waals surface area contributed by atoms with Gasteiger partial charge in [0.05, 0.1) is 17.5 Å². The van der Waals surface area contributed by atoms with Gasteiger partial charge in [-0.25, -0.2) is 9.29 Å². The molecule has 2 N–H and O–H groups in total. The zero-order valence-corrected chi connectivity index (χ0v) is 11.1. The highest BCUT2D eigenvalue weighted by Gasteiger charge is 2.49. The molecule has 1 heterocycles. The normalized spacial score (nSPS) is 26.0. The molecule has 1 saturated carbocycles. The van der Waals surface area contributed by atoms with E-state index in [-0.39, 0.29) is 30.2 Å². The van der Waals surface area contributed by atoms with Gasteiger partial charge in [0.2, 0.25) is 11.8 Å². The van der Waals surface area contributed by atoms with Gasteiger partial charge >= 0.3 is 0 Å². The molecule has 0 bridgehead atoms. The Morgan fingerprint density at radius 2 is 1.75 bits per heavy atom. The first-order valence-electron chi connectivity index (χ1n) is 7.00. The summed E-state index contributed by atoms with van der Waals surface area (Å²) in [5.74, 6) is -1.12.